The largest absolute Gasteiger partial charge is 0.416 e. The van der Waals surface area contributed by atoms with Gasteiger partial charge in [-0.05, 0) is 30.3 Å². The molecule has 0 aromatic heterocycles. The maximum absolute atomic E-state index is 13.2. The van der Waals surface area contributed by atoms with Gasteiger partial charge in [-0.3, -0.25) is 9.59 Å². The number of amides is 2. The van der Waals surface area contributed by atoms with E-state index >= 15 is 0 Å². The summed E-state index contributed by atoms with van der Waals surface area (Å²) in [4.78, 5) is 26.7. The number of hydrogen-bond donors (Lipinski definition) is 1. The van der Waals surface area contributed by atoms with Gasteiger partial charge in [0.1, 0.15) is 11.4 Å². The fraction of sp³-hybridized carbons (Fsp3) is 0.300. The van der Waals surface area contributed by atoms with Gasteiger partial charge in [0, 0.05) is 13.1 Å². The van der Waals surface area contributed by atoms with Crippen LogP contribution in [0.25, 0.3) is 0 Å². The molecule has 170 valence electrons. The summed E-state index contributed by atoms with van der Waals surface area (Å²) < 4.78 is 70.6. The molecule has 32 heavy (non-hydrogen) atoms. The molecular formula is C20H18F3N3O5S. The lowest BCUT2D eigenvalue weighted by molar-refractivity contribution is -0.137. The van der Waals surface area contributed by atoms with Crippen molar-refractivity contribution in [3.63, 3.8) is 0 Å². The lowest BCUT2D eigenvalue weighted by Crippen LogP contribution is -2.39. The molecule has 0 saturated carbocycles. The zero-order chi connectivity index (χ0) is 23.1. The lowest BCUT2D eigenvalue weighted by Gasteiger charge is -2.31. The normalized spacial score (nSPS) is 17.9. The van der Waals surface area contributed by atoms with Crippen molar-refractivity contribution in [1.29, 1.82) is 0 Å². The van der Waals surface area contributed by atoms with Crippen LogP contribution in [0, 0.1) is 0 Å². The summed E-state index contributed by atoms with van der Waals surface area (Å²) in [6.07, 6.45) is -4.64. The predicted octanol–water partition coefficient (Wildman–Crippen LogP) is 2.33. The van der Waals surface area contributed by atoms with E-state index in [2.05, 4.69) is 5.32 Å². The number of morpholine rings is 1. The van der Waals surface area contributed by atoms with E-state index in [1.165, 1.54) is 30.3 Å². The number of sulfonamides is 1. The van der Waals surface area contributed by atoms with Crippen LogP contribution in [0.1, 0.15) is 15.9 Å². The number of ether oxygens (including phenoxy) is 1. The molecule has 0 atom stereocenters. The Morgan fingerprint density at radius 2 is 1.78 bits per heavy atom. The Kier molecular flexibility index (Phi) is 5.59. The molecule has 0 bridgehead atoms. The van der Waals surface area contributed by atoms with E-state index in [4.69, 9.17) is 4.74 Å². The van der Waals surface area contributed by atoms with Gasteiger partial charge in [0.25, 0.3) is 15.9 Å². The Hall–Kier alpha value is -3.12. The molecule has 1 N–H and O–H groups in total. The maximum atomic E-state index is 13.2. The number of anilines is 2. The van der Waals surface area contributed by atoms with E-state index < -0.39 is 40.1 Å². The number of benzene rings is 2. The average Bonchev–Trinajstić information content (AvgIpc) is 2.94. The van der Waals surface area contributed by atoms with Crippen molar-refractivity contribution in [3.05, 3.63) is 53.6 Å². The van der Waals surface area contributed by atoms with E-state index in [9.17, 15) is 31.2 Å². The minimum atomic E-state index is -4.64. The van der Waals surface area contributed by atoms with Gasteiger partial charge in [0.15, 0.2) is 0 Å². The maximum Gasteiger partial charge on any atom is 0.416 e. The summed E-state index contributed by atoms with van der Waals surface area (Å²) in [5.41, 5.74) is -0.822. The van der Waals surface area contributed by atoms with Gasteiger partial charge < -0.3 is 15.0 Å². The van der Waals surface area contributed by atoms with Gasteiger partial charge in [-0.15, -0.1) is 0 Å². The Bertz CT molecular complexity index is 1180. The summed E-state index contributed by atoms with van der Waals surface area (Å²) >= 11 is 0. The highest BCUT2D eigenvalue weighted by atomic mass is 32.2. The first-order chi connectivity index (χ1) is 15.1. The highest BCUT2D eigenvalue weighted by Gasteiger charge is 2.42. The molecule has 2 aromatic rings. The smallest absolute Gasteiger partial charge is 0.378 e. The number of nitrogens with zero attached hydrogens (tertiary/aromatic N) is 2. The summed E-state index contributed by atoms with van der Waals surface area (Å²) in [7, 11) is -4.23. The topological polar surface area (TPSA) is 96.0 Å². The van der Waals surface area contributed by atoms with Crippen LogP contribution in [0.3, 0.4) is 0 Å². The minimum absolute atomic E-state index is 0.0617. The second-order valence-corrected chi connectivity index (χ2v) is 9.02. The van der Waals surface area contributed by atoms with Crippen molar-refractivity contribution >= 4 is 33.2 Å². The molecule has 2 amide bonds. The molecule has 4 rings (SSSR count). The van der Waals surface area contributed by atoms with E-state index in [1.54, 1.807) is 4.90 Å². The number of carbonyl (C=O) groups is 2. The van der Waals surface area contributed by atoms with E-state index in [0.29, 0.717) is 36.3 Å². The first kappa shape index (κ1) is 22.1. The van der Waals surface area contributed by atoms with Crippen LogP contribution < -0.4 is 10.2 Å². The molecular weight excluding hydrogens is 451 g/mol. The van der Waals surface area contributed by atoms with Crippen molar-refractivity contribution < 1.29 is 35.9 Å². The molecule has 1 fully saturated rings. The number of nitrogens with one attached hydrogen (secondary N) is 1. The predicted molar refractivity (Wildman–Crippen MR) is 108 cm³/mol. The molecule has 0 unspecified atom stereocenters. The summed E-state index contributed by atoms with van der Waals surface area (Å²) in [5, 5.41) is 2.35. The molecule has 0 radical (unpaired) electrons. The van der Waals surface area contributed by atoms with Crippen LogP contribution in [0.15, 0.2) is 47.4 Å². The number of fused-ring (bicyclic) bond motifs is 1. The standard InChI is InChI=1S/C20H18F3N3O5S/c21-20(22,23)13-5-6-16(25-7-9-31-10-8-25)15(11-13)24-18(27)12-26-19(28)14-3-1-2-4-17(14)32(26,29)30/h1-6,11H,7-10,12H2,(H,24,27). The van der Waals surface area contributed by atoms with Crippen LogP contribution in [0.4, 0.5) is 24.5 Å². The van der Waals surface area contributed by atoms with Crippen molar-refractivity contribution in [3.8, 4) is 0 Å². The van der Waals surface area contributed by atoms with Crippen LogP contribution in [-0.4, -0.2) is 57.4 Å². The first-order valence-corrected chi connectivity index (χ1v) is 11.0. The van der Waals surface area contributed by atoms with Crippen molar-refractivity contribution in [2.24, 2.45) is 0 Å². The Labute approximate surface area is 181 Å². The third-order valence-electron chi connectivity index (χ3n) is 5.15. The number of halogens is 3. The Morgan fingerprint density at radius 3 is 2.44 bits per heavy atom. The summed E-state index contributed by atoms with van der Waals surface area (Å²) in [5.74, 6) is -1.81. The molecule has 2 aliphatic rings. The third-order valence-corrected chi connectivity index (χ3v) is 6.94. The number of rotatable bonds is 4. The molecule has 8 nitrogen and oxygen atoms in total. The van der Waals surface area contributed by atoms with Crippen LogP contribution in [0.5, 0.6) is 0 Å². The number of alkyl halides is 3. The zero-order valence-corrected chi connectivity index (χ0v) is 17.4. The average molecular weight is 469 g/mol. The van der Waals surface area contributed by atoms with Crippen molar-refractivity contribution in [2.45, 2.75) is 11.1 Å². The fourth-order valence-electron chi connectivity index (χ4n) is 3.60. The SMILES string of the molecule is O=C(CN1C(=O)c2ccccc2S1(=O)=O)Nc1cc(C(F)(F)F)ccc1N1CCOCC1. The molecule has 12 heteroatoms. The Morgan fingerprint density at radius 1 is 1.09 bits per heavy atom. The van der Waals surface area contributed by atoms with Gasteiger partial charge in [-0.2, -0.15) is 13.2 Å². The quantitative estimate of drug-likeness (QED) is 0.739. The summed E-state index contributed by atoms with van der Waals surface area (Å²) in [6, 6.07) is 8.47. The van der Waals surface area contributed by atoms with Gasteiger partial charge in [-0.1, -0.05) is 12.1 Å². The fourth-order valence-corrected chi connectivity index (χ4v) is 5.13. The Balaban J connectivity index is 1.61. The number of carbonyl (C=O) groups excluding carboxylic acids is 2. The van der Waals surface area contributed by atoms with Gasteiger partial charge in [0.05, 0.1) is 35.7 Å². The number of hydrogen-bond acceptors (Lipinski definition) is 6. The second kappa shape index (κ2) is 8.10. The summed E-state index contributed by atoms with van der Waals surface area (Å²) in [6.45, 7) is 0.681. The van der Waals surface area contributed by atoms with Crippen molar-refractivity contribution in [1.82, 2.24) is 4.31 Å². The highest BCUT2D eigenvalue weighted by molar-refractivity contribution is 7.90. The second-order valence-electron chi connectivity index (χ2n) is 7.19. The third kappa shape index (κ3) is 4.02. The lowest BCUT2D eigenvalue weighted by atomic mass is 10.1. The molecule has 2 aromatic carbocycles. The first-order valence-electron chi connectivity index (χ1n) is 9.59. The van der Waals surface area contributed by atoms with Crippen LogP contribution >= 0.6 is 0 Å². The minimum Gasteiger partial charge on any atom is -0.378 e. The highest BCUT2D eigenvalue weighted by Crippen LogP contribution is 2.36. The molecule has 1 saturated heterocycles. The van der Waals surface area contributed by atoms with Gasteiger partial charge in [0.2, 0.25) is 5.91 Å². The van der Waals surface area contributed by atoms with Crippen LogP contribution in [-0.2, 0) is 25.7 Å². The molecule has 0 aliphatic carbocycles. The van der Waals surface area contributed by atoms with Crippen LogP contribution in [0.2, 0.25) is 0 Å². The van der Waals surface area contributed by atoms with E-state index in [0.717, 1.165) is 12.1 Å². The zero-order valence-electron chi connectivity index (χ0n) is 16.6. The van der Waals surface area contributed by atoms with Crippen molar-refractivity contribution in [2.75, 3.05) is 43.1 Å². The van der Waals surface area contributed by atoms with E-state index in [1.807, 2.05) is 0 Å². The monoisotopic (exact) mass is 469 g/mol. The molecule has 0 spiro atoms. The molecule has 2 heterocycles. The molecule has 2 aliphatic heterocycles. The van der Waals surface area contributed by atoms with Gasteiger partial charge in [-0.25, -0.2) is 12.7 Å². The van der Waals surface area contributed by atoms with E-state index in [-0.39, 0.29) is 16.1 Å². The van der Waals surface area contributed by atoms with Gasteiger partial charge >= 0.3 is 6.18 Å².